The minimum atomic E-state index is 0.824. The Balaban J connectivity index is 1.86. The van der Waals surface area contributed by atoms with E-state index in [0.29, 0.717) is 0 Å². The average Bonchev–Trinajstić information content (AvgIpc) is 3.04. The van der Waals surface area contributed by atoms with Crippen LogP contribution in [0.1, 0.15) is 12.5 Å². The number of rotatable bonds is 5. The number of pyridine rings is 1. The number of nitrogens with one attached hydrogen (secondary N) is 1. The fourth-order valence-corrected chi connectivity index (χ4v) is 2.21. The molecule has 1 aromatic carbocycles. The molecule has 0 fully saturated rings. The maximum Gasteiger partial charge on any atom is 0.0832 e. The van der Waals surface area contributed by atoms with Crippen molar-refractivity contribution in [1.29, 1.82) is 0 Å². The van der Waals surface area contributed by atoms with E-state index in [1.807, 2.05) is 47.7 Å². The molecule has 0 bridgehead atoms. The molecule has 4 heteroatoms. The minimum Gasteiger partial charge on any atom is -0.313 e. The molecule has 0 atom stereocenters. The summed E-state index contributed by atoms with van der Waals surface area (Å²) in [5.41, 5.74) is 4.41. The third-order valence-electron chi connectivity index (χ3n) is 3.31. The number of hydrogen-bond acceptors (Lipinski definition) is 3. The Hall–Kier alpha value is -2.46. The van der Waals surface area contributed by atoms with Crippen LogP contribution in [0.5, 0.6) is 0 Å². The molecular formula is C17H18N4. The molecule has 0 aliphatic carbocycles. The van der Waals surface area contributed by atoms with Gasteiger partial charge in [-0.25, -0.2) is 4.68 Å². The first-order valence-electron chi connectivity index (χ1n) is 7.12. The van der Waals surface area contributed by atoms with Gasteiger partial charge in [0.15, 0.2) is 0 Å². The lowest BCUT2D eigenvalue weighted by molar-refractivity contribution is 0.722. The zero-order valence-electron chi connectivity index (χ0n) is 12.0. The number of benzene rings is 1. The topological polar surface area (TPSA) is 42.7 Å². The second kappa shape index (κ2) is 6.33. The molecule has 0 aliphatic rings. The van der Waals surface area contributed by atoms with Crippen LogP contribution < -0.4 is 5.32 Å². The zero-order valence-corrected chi connectivity index (χ0v) is 12.0. The van der Waals surface area contributed by atoms with Crippen molar-refractivity contribution in [2.45, 2.75) is 13.5 Å². The molecule has 21 heavy (non-hydrogen) atoms. The monoisotopic (exact) mass is 278 g/mol. The van der Waals surface area contributed by atoms with Gasteiger partial charge in [0.05, 0.1) is 18.1 Å². The summed E-state index contributed by atoms with van der Waals surface area (Å²) >= 11 is 0. The summed E-state index contributed by atoms with van der Waals surface area (Å²) in [6, 6.07) is 12.4. The predicted octanol–water partition coefficient (Wildman–Crippen LogP) is 3.04. The van der Waals surface area contributed by atoms with E-state index < -0.39 is 0 Å². The molecule has 3 rings (SSSR count). The Labute approximate surface area is 124 Å². The highest BCUT2D eigenvalue weighted by molar-refractivity contribution is 5.61. The van der Waals surface area contributed by atoms with Crippen molar-refractivity contribution >= 4 is 0 Å². The predicted molar refractivity (Wildman–Crippen MR) is 84.2 cm³/mol. The molecule has 106 valence electrons. The smallest absolute Gasteiger partial charge is 0.0832 e. The molecular weight excluding hydrogens is 260 g/mol. The van der Waals surface area contributed by atoms with Crippen LogP contribution in [-0.4, -0.2) is 21.3 Å². The van der Waals surface area contributed by atoms with Crippen molar-refractivity contribution in [2.75, 3.05) is 6.54 Å². The summed E-state index contributed by atoms with van der Waals surface area (Å²) in [7, 11) is 0. The van der Waals surface area contributed by atoms with Crippen LogP contribution in [0.25, 0.3) is 16.8 Å². The lowest BCUT2D eigenvalue weighted by atomic mass is 10.1. The van der Waals surface area contributed by atoms with Gasteiger partial charge in [-0.1, -0.05) is 37.3 Å². The van der Waals surface area contributed by atoms with Crippen LogP contribution in [0, 0.1) is 0 Å². The Bertz CT molecular complexity index is 704. The van der Waals surface area contributed by atoms with Gasteiger partial charge in [-0.3, -0.25) is 4.98 Å². The van der Waals surface area contributed by atoms with Crippen molar-refractivity contribution in [3.05, 3.63) is 66.7 Å². The Morgan fingerprint density at radius 2 is 1.90 bits per heavy atom. The van der Waals surface area contributed by atoms with E-state index in [0.717, 1.165) is 29.9 Å². The van der Waals surface area contributed by atoms with E-state index in [2.05, 4.69) is 40.5 Å². The van der Waals surface area contributed by atoms with E-state index in [4.69, 9.17) is 0 Å². The van der Waals surface area contributed by atoms with Crippen LogP contribution in [0.4, 0.5) is 0 Å². The van der Waals surface area contributed by atoms with Crippen molar-refractivity contribution in [2.24, 2.45) is 0 Å². The van der Waals surface area contributed by atoms with E-state index in [9.17, 15) is 0 Å². The van der Waals surface area contributed by atoms with Gasteiger partial charge in [0, 0.05) is 24.5 Å². The largest absolute Gasteiger partial charge is 0.313 e. The van der Waals surface area contributed by atoms with Gasteiger partial charge < -0.3 is 5.32 Å². The lowest BCUT2D eigenvalue weighted by Crippen LogP contribution is -2.12. The second-order valence-corrected chi connectivity index (χ2v) is 4.87. The SMILES string of the molecule is CCNCc1cncc(-n2cc(-c3ccccc3)cn2)c1. The third kappa shape index (κ3) is 3.17. The van der Waals surface area contributed by atoms with Gasteiger partial charge in [0.25, 0.3) is 0 Å². The summed E-state index contributed by atoms with van der Waals surface area (Å²) in [6.07, 6.45) is 7.63. The van der Waals surface area contributed by atoms with Crippen molar-refractivity contribution in [3.8, 4) is 16.8 Å². The highest BCUT2D eigenvalue weighted by Crippen LogP contribution is 2.19. The normalized spacial score (nSPS) is 10.7. The first-order chi connectivity index (χ1) is 10.4. The van der Waals surface area contributed by atoms with Crippen molar-refractivity contribution < 1.29 is 0 Å². The van der Waals surface area contributed by atoms with Gasteiger partial charge in [-0.2, -0.15) is 5.10 Å². The van der Waals surface area contributed by atoms with E-state index in [1.165, 1.54) is 5.56 Å². The fraction of sp³-hybridized carbons (Fsp3) is 0.176. The molecule has 2 aromatic heterocycles. The molecule has 0 amide bonds. The highest BCUT2D eigenvalue weighted by atomic mass is 15.3. The number of nitrogens with zero attached hydrogens (tertiary/aromatic N) is 3. The van der Waals surface area contributed by atoms with Crippen LogP contribution >= 0.6 is 0 Å². The highest BCUT2D eigenvalue weighted by Gasteiger charge is 2.04. The number of aromatic nitrogens is 3. The summed E-state index contributed by atoms with van der Waals surface area (Å²) in [4.78, 5) is 4.30. The Kier molecular flexibility index (Phi) is 4.07. The van der Waals surface area contributed by atoms with Crippen LogP contribution in [0.2, 0.25) is 0 Å². The maximum absolute atomic E-state index is 4.44. The van der Waals surface area contributed by atoms with Gasteiger partial charge in [-0.15, -0.1) is 0 Å². The van der Waals surface area contributed by atoms with Gasteiger partial charge in [0.1, 0.15) is 0 Å². The van der Waals surface area contributed by atoms with Gasteiger partial charge >= 0.3 is 0 Å². The van der Waals surface area contributed by atoms with Crippen LogP contribution in [0.15, 0.2) is 61.2 Å². The summed E-state index contributed by atoms with van der Waals surface area (Å²) < 4.78 is 1.87. The third-order valence-corrected chi connectivity index (χ3v) is 3.31. The molecule has 3 aromatic rings. The summed E-state index contributed by atoms with van der Waals surface area (Å²) in [5.74, 6) is 0. The molecule has 0 saturated carbocycles. The Morgan fingerprint density at radius 1 is 1.05 bits per heavy atom. The maximum atomic E-state index is 4.44. The zero-order chi connectivity index (χ0) is 14.5. The van der Waals surface area contributed by atoms with Gasteiger partial charge in [0.2, 0.25) is 0 Å². The molecule has 2 heterocycles. The molecule has 1 N–H and O–H groups in total. The van der Waals surface area contributed by atoms with Crippen molar-refractivity contribution in [3.63, 3.8) is 0 Å². The lowest BCUT2D eigenvalue weighted by Gasteiger charge is -2.05. The van der Waals surface area contributed by atoms with Crippen LogP contribution in [-0.2, 0) is 6.54 Å². The van der Waals surface area contributed by atoms with E-state index in [-0.39, 0.29) is 0 Å². The molecule has 0 radical (unpaired) electrons. The quantitative estimate of drug-likeness (QED) is 0.780. The molecule has 0 unspecified atom stereocenters. The first-order valence-corrected chi connectivity index (χ1v) is 7.12. The first kappa shape index (κ1) is 13.5. The average molecular weight is 278 g/mol. The molecule has 4 nitrogen and oxygen atoms in total. The summed E-state index contributed by atoms with van der Waals surface area (Å²) in [5, 5.41) is 7.75. The minimum absolute atomic E-state index is 0.824. The fourth-order valence-electron chi connectivity index (χ4n) is 2.21. The van der Waals surface area contributed by atoms with Crippen molar-refractivity contribution in [1.82, 2.24) is 20.1 Å². The standard InChI is InChI=1S/C17H18N4/c1-2-18-9-14-8-17(12-19-10-14)21-13-16(11-20-21)15-6-4-3-5-7-15/h3-8,10-13,18H,2,9H2,1H3. The van der Waals surface area contributed by atoms with E-state index >= 15 is 0 Å². The van der Waals surface area contributed by atoms with Crippen LogP contribution in [0.3, 0.4) is 0 Å². The second-order valence-electron chi connectivity index (χ2n) is 4.87. The Morgan fingerprint density at radius 3 is 2.71 bits per heavy atom. The molecule has 0 spiro atoms. The molecule has 0 aliphatic heterocycles. The number of hydrogen-bond donors (Lipinski definition) is 1. The van der Waals surface area contributed by atoms with Gasteiger partial charge in [-0.05, 0) is 23.7 Å². The van der Waals surface area contributed by atoms with E-state index in [1.54, 1.807) is 0 Å². The molecule has 0 saturated heterocycles. The summed E-state index contributed by atoms with van der Waals surface area (Å²) in [6.45, 7) is 3.87.